The summed E-state index contributed by atoms with van der Waals surface area (Å²) < 4.78 is 1.85. The van der Waals surface area contributed by atoms with Crippen LogP contribution in [0.3, 0.4) is 0 Å². The number of aliphatic hydroxyl groups excluding tert-OH is 1. The first-order valence-electron chi connectivity index (χ1n) is 12.1. The Morgan fingerprint density at radius 3 is 2.70 bits per heavy atom. The number of rotatable bonds is 5. The molecular weight excluding hydrogens is 416 g/mol. The lowest BCUT2D eigenvalue weighted by Crippen LogP contribution is -2.51. The summed E-state index contributed by atoms with van der Waals surface area (Å²) in [5, 5.41) is 10.5. The number of likely N-dealkylation sites (tertiary alicyclic amines) is 2. The van der Waals surface area contributed by atoms with Crippen molar-refractivity contribution in [3.05, 3.63) is 69.9 Å². The van der Waals surface area contributed by atoms with Gasteiger partial charge in [0.25, 0.3) is 5.56 Å². The largest absolute Gasteiger partial charge is 0.396 e. The van der Waals surface area contributed by atoms with Gasteiger partial charge in [0.1, 0.15) is 0 Å². The quantitative estimate of drug-likeness (QED) is 0.760. The van der Waals surface area contributed by atoms with E-state index in [0.29, 0.717) is 18.7 Å². The number of aromatic nitrogens is 2. The highest BCUT2D eigenvalue weighted by Gasteiger charge is 2.56. The van der Waals surface area contributed by atoms with Gasteiger partial charge >= 0.3 is 0 Å². The maximum atomic E-state index is 13.8. The van der Waals surface area contributed by atoms with E-state index in [1.54, 1.807) is 6.20 Å². The van der Waals surface area contributed by atoms with Gasteiger partial charge in [-0.2, -0.15) is 0 Å². The summed E-state index contributed by atoms with van der Waals surface area (Å²) in [5.41, 5.74) is 2.48. The maximum absolute atomic E-state index is 13.8. The van der Waals surface area contributed by atoms with Crippen LogP contribution in [0.15, 0.2) is 47.4 Å². The SMILES string of the molecule is C/C=C\c1ccc2n(c1=O)C[C@H]1[C@H](CO)[C@@H](C(=O)N3CCCCC3)N(Cc3ccccn3)[C@@H]21. The summed E-state index contributed by atoms with van der Waals surface area (Å²) in [7, 11) is 0. The van der Waals surface area contributed by atoms with E-state index in [4.69, 9.17) is 0 Å². The Bertz CT molecular complexity index is 1090. The summed E-state index contributed by atoms with van der Waals surface area (Å²) in [6, 6.07) is 9.20. The summed E-state index contributed by atoms with van der Waals surface area (Å²) in [4.78, 5) is 35.6. The Kier molecular flexibility index (Phi) is 6.17. The molecule has 0 spiro atoms. The molecular formula is C26H32N4O3. The molecule has 0 saturated carbocycles. The van der Waals surface area contributed by atoms with Gasteiger partial charge in [0.05, 0.1) is 17.8 Å². The van der Waals surface area contributed by atoms with E-state index in [9.17, 15) is 14.7 Å². The zero-order valence-corrected chi connectivity index (χ0v) is 19.1. The monoisotopic (exact) mass is 448 g/mol. The fraction of sp³-hybridized carbons (Fsp3) is 0.500. The van der Waals surface area contributed by atoms with Crippen LogP contribution in [-0.4, -0.2) is 56.1 Å². The molecule has 2 fully saturated rings. The van der Waals surface area contributed by atoms with Crippen LogP contribution in [-0.2, 0) is 17.9 Å². The van der Waals surface area contributed by atoms with Crippen LogP contribution in [0.5, 0.6) is 0 Å². The molecule has 1 amide bonds. The van der Waals surface area contributed by atoms with Crippen LogP contribution in [0.1, 0.15) is 49.2 Å². The highest BCUT2D eigenvalue weighted by molar-refractivity contribution is 5.83. The van der Waals surface area contributed by atoms with Gasteiger partial charge in [0.15, 0.2) is 0 Å². The minimum absolute atomic E-state index is 0.00556. The molecule has 0 aromatic carbocycles. The van der Waals surface area contributed by atoms with Gasteiger partial charge in [0.2, 0.25) is 5.91 Å². The van der Waals surface area contributed by atoms with Crippen molar-refractivity contribution in [2.24, 2.45) is 11.8 Å². The average Bonchev–Trinajstić information content (AvgIpc) is 3.37. The Labute approximate surface area is 194 Å². The number of aliphatic hydroxyl groups is 1. The molecule has 0 bridgehead atoms. The van der Waals surface area contributed by atoms with E-state index in [2.05, 4.69) is 9.88 Å². The van der Waals surface area contributed by atoms with Crippen LogP contribution >= 0.6 is 0 Å². The Morgan fingerprint density at radius 1 is 1.18 bits per heavy atom. The molecule has 7 nitrogen and oxygen atoms in total. The molecule has 5 heterocycles. The van der Waals surface area contributed by atoms with Crippen molar-refractivity contribution in [3.63, 3.8) is 0 Å². The van der Waals surface area contributed by atoms with Gasteiger partial charge in [-0.05, 0) is 50.5 Å². The van der Waals surface area contributed by atoms with Crippen molar-refractivity contribution in [3.8, 4) is 0 Å². The summed E-state index contributed by atoms with van der Waals surface area (Å²) >= 11 is 0. The molecule has 0 unspecified atom stereocenters. The van der Waals surface area contributed by atoms with Gasteiger partial charge in [-0.1, -0.05) is 18.2 Å². The van der Waals surface area contributed by atoms with Crippen LogP contribution in [0.25, 0.3) is 6.08 Å². The van der Waals surface area contributed by atoms with Crippen LogP contribution in [0.2, 0.25) is 0 Å². The highest BCUT2D eigenvalue weighted by Crippen LogP contribution is 2.50. The number of allylic oxidation sites excluding steroid dienone is 1. The number of piperidine rings is 1. The third-order valence-corrected chi connectivity index (χ3v) is 7.56. The zero-order valence-electron chi connectivity index (χ0n) is 19.1. The average molecular weight is 449 g/mol. The Balaban J connectivity index is 1.57. The topological polar surface area (TPSA) is 78.7 Å². The standard InChI is InChI=1S/C26H32N4O3/c1-2-8-18-10-11-22-23-20(16-29(22)25(18)32)21(17-31)24(26(33)28-13-6-3-7-14-28)30(23)15-19-9-4-5-12-27-19/h2,4-5,8-12,20-21,23-24,31H,3,6-7,13-17H2,1H3/b8-2-/t20-,21-,23+,24-/m0/s1. The van der Waals surface area contributed by atoms with Gasteiger partial charge in [0, 0.05) is 62.1 Å². The minimum atomic E-state index is -0.413. The van der Waals surface area contributed by atoms with E-state index < -0.39 is 6.04 Å². The van der Waals surface area contributed by atoms with Gasteiger partial charge < -0.3 is 14.6 Å². The van der Waals surface area contributed by atoms with Crippen molar-refractivity contribution < 1.29 is 9.90 Å². The summed E-state index contributed by atoms with van der Waals surface area (Å²) in [6.45, 7) is 4.42. The molecule has 174 valence electrons. The Morgan fingerprint density at radius 2 is 2.00 bits per heavy atom. The number of amides is 1. The number of pyridine rings is 2. The number of hydrogen-bond acceptors (Lipinski definition) is 5. The highest BCUT2D eigenvalue weighted by atomic mass is 16.3. The molecule has 33 heavy (non-hydrogen) atoms. The first kappa shape index (κ1) is 22.0. The van der Waals surface area contributed by atoms with Crippen LogP contribution in [0.4, 0.5) is 0 Å². The fourth-order valence-corrected chi connectivity index (χ4v) is 6.07. The number of nitrogens with zero attached hydrogens (tertiary/aromatic N) is 4. The number of carbonyl (C=O) groups is 1. The molecule has 3 aliphatic heterocycles. The second-order valence-corrected chi connectivity index (χ2v) is 9.41. The Hall–Kier alpha value is -2.77. The lowest BCUT2D eigenvalue weighted by molar-refractivity contribution is -0.139. The first-order chi connectivity index (χ1) is 16.1. The second-order valence-electron chi connectivity index (χ2n) is 9.41. The fourth-order valence-electron chi connectivity index (χ4n) is 6.07. The molecule has 2 aromatic heterocycles. The van der Waals surface area contributed by atoms with E-state index in [1.807, 2.05) is 58.9 Å². The third-order valence-electron chi connectivity index (χ3n) is 7.56. The van der Waals surface area contributed by atoms with E-state index >= 15 is 0 Å². The van der Waals surface area contributed by atoms with Crippen molar-refractivity contribution in [1.82, 2.24) is 19.4 Å². The predicted molar refractivity (Wildman–Crippen MR) is 126 cm³/mol. The van der Waals surface area contributed by atoms with Crippen molar-refractivity contribution in [2.75, 3.05) is 19.7 Å². The zero-order chi connectivity index (χ0) is 22.9. The lowest BCUT2D eigenvalue weighted by Gasteiger charge is -2.36. The third kappa shape index (κ3) is 3.83. The van der Waals surface area contributed by atoms with E-state index in [1.165, 1.54) is 0 Å². The molecule has 7 heteroatoms. The minimum Gasteiger partial charge on any atom is -0.396 e. The van der Waals surface area contributed by atoms with Gasteiger partial charge in [-0.25, -0.2) is 0 Å². The van der Waals surface area contributed by atoms with Crippen molar-refractivity contribution >= 4 is 12.0 Å². The normalized spacial score (nSPS) is 27.2. The van der Waals surface area contributed by atoms with Crippen LogP contribution < -0.4 is 5.56 Å². The molecule has 0 aliphatic carbocycles. The molecule has 2 saturated heterocycles. The first-order valence-corrected chi connectivity index (χ1v) is 12.1. The molecule has 3 aliphatic rings. The van der Waals surface area contributed by atoms with E-state index in [0.717, 1.165) is 43.7 Å². The molecule has 5 rings (SSSR count). The number of fused-ring (bicyclic) bond motifs is 3. The maximum Gasteiger partial charge on any atom is 0.258 e. The molecule has 0 radical (unpaired) electrons. The molecule has 2 aromatic rings. The van der Waals surface area contributed by atoms with Crippen molar-refractivity contribution in [2.45, 2.75) is 51.4 Å². The summed E-state index contributed by atoms with van der Waals surface area (Å²) in [5.74, 6) is -0.109. The summed E-state index contributed by atoms with van der Waals surface area (Å²) in [6.07, 6.45) is 8.69. The van der Waals surface area contributed by atoms with Crippen LogP contribution in [0, 0.1) is 11.8 Å². The van der Waals surface area contributed by atoms with E-state index in [-0.39, 0.29) is 36.0 Å². The lowest BCUT2D eigenvalue weighted by atomic mass is 9.88. The second kappa shape index (κ2) is 9.23. The van der Waals surface area contributed by atoms with Crippen molar-refractivity contribution in [1.29, 1.82) is 0 Å². The molecule has 4 atom stereocenters. The molecule has 1 N–H and O–H groups in total. The number of hydrogen-bond donors (Lipinski definition) is 1. The number of carbonyl (C=O) groups excluding carboxylic acids is 1. The predicted octanol–water partition coefficient (Wildman–Crippen LogP) is 2.45. The van der Waals surface area contributed by atoms with Gasteiger partial charge in [-0.3, -0.25) is 19.5 Å². The van der Waals surface area contributed by atoms with Gasteiger partial charge in [-0.15, -0.1) is 0 Å². The smallest absolute Gasteiger partial charge is 0.258 e.